The Morgan fingerprint density at radius 1 is 1.41 bits per heavy atom. The van der Waals surface area contributed by atoms with Crippen LogP contribution in [0.15, 0.2) is 24.4 Å². The molecule has 3 rings (SSSR count). The molecule has 8 heteroatoms. The smallest absolute Gasteiger partial charge is 0.318 e. The Hall–Kier alpha value is -2.25. The van der Waals surface area contributed by atoms with Gasteiger partial charge in [0.15, 0.2) is 0 Å². The number of amides is 2. The minimum absolute atomic E-state index is 0.0131. The van der Waals surface area contributed by atoms with E-state index in [1.54, 1.807) is 18.1 Å². The van der Waals surface area contributed by atoms with Crippen LogP contribution in [-0.4, -0.2) is 41.2 Å². The fourth-order valence-electron chi connectivity index (χ4n) is 3.34. The Morgan fingerprint density at radius 3 is 2.90 bits per heavy atom. The number of halogens is 2. The summed E-state index contributed by atoms with van der Waals surface area (Å²) in [5.41, 5.74) is 2.66. The number of carbonyl (C=O) groups is 1. The Labute approximate surface area is 175 Å². The van der Waals surface area contributed by atoms with E-state index in [0.29, 0.717) is 31.0 Å². The molecule has 0 aliphatic carbocycles. The largest absolute Gasteiger partial charge is 0.382 e. The summed E-state index contributed by atoms with van der Waals surface area (Å²) < 4.78 is 18.7. The summed E-state index contributed by atoms with van der Waals surface area (Å²) in [6.45, 7) is 5.51. The van der Waals surface area contributed by atoms with Gasteiger partial charge in [0, 0.05) is 26.3 Å². The quantitative estimate of drug-likeness (QED) is 0.769. The van der Waals surface area contributed by atoms with Crippen LogP contribution in [-0.2, 0) is 24.1 Å². The van der Waals surface area contributed by atoms with Crippen molar-refractivity contribution in [3.05, 3.63) is 57.9 Å². The molecule has 0 saturated carbocycles. The standard InChI is InChI=1S/C21H26ClFN4O2/c1-13(2)8-20-24-10-15-6-7-27(11-18(15)25-20)21(28)26-19(12-29-3)14-4-5-17(23)16(22)9-14/h4-5,9-10,13,19H,6-8,11-12H2,1-3H3,(H,26,28)/t19-/m1/s1. The zero-order valence-electron chi connectivity index (χ0n) is 16.9. The molecule has 0 saturated heterocycles. The normalized spacial score (nSPS) is 14.6. The zero-order chi connectivity index (χ0) is 21.0. The average Bonchev–Trinajstić information content (AvgIpc) is 2.68. The fourth-order valence-corrected chi connectivity index (χ4v) is 3.53. The molecule has 1 aliphatic heterocycles. The van der Waals surface area contributed by atoms with Crippen molar-refractivity contribution in [1.82, 2.24) is 20.2 Å². The summed E-state index contributed by atoms with van der Waals surface area (Å²) >= 11 is 5.90. The molecule has 156 valence electrons. The number of carbonyl (C=O) groups excluding carboxylic acids is 1. The van der Waals surface area contributed by atoms with E-state index in [2.05, 4.69) is 29.1 Å². The summed E-state index contributed by atoms with van der Waals surface area (Å²) in [6.07, 6.45) is 3.40. The van der Waals surface area contributed by atoms with E-state index in [0.717, 1.165) is 23.5 Å². The summed E-state index contributed by atoms with van der Waals surface area (Å²) in [6, 6.07) is 3.74. The van der Waals surface area contributed by atoms with E-state index in [9.17, 15) is 9.18 Å². The van der Waals surface area contributed by atoms with Gasteiger partial charge in [0.05, 0.1) is 29.9 Å². The number of nitrogens with zero attached hydrogens (tertiary/aromatic N) is 3. The fraction of sp³-hybridized carbons (Fsp3) is 0.476. The number of hydrogen-bond donors (Lipinski definition) is 1. The molecule has 0 fully saturated rings. The van der Waals surface area contributed by atoms with Crippen molar-refractivity contribution >= 4 is 17.6 Å². The molecule has 1 N–H and O–H groups in total. The first-order valence-electron chi connectivity index (χ1n) is 9.70. The minimum atomic E-state index is -0.498. The third-order valence-electron chi connectivity index (χ3n) is 4.85. The Bertz CT molecular complexity index is 878. The van der Waals surface area contributed by atoms with E-state index in [-0.39, 0.29) is 17.7 Å². The third kappa shape index (κ3) is 5.42. The number of ether oxygens (including phenoxy) is 1. The minimum Gasteiger partial charge on any atom is -0.382 e. The highest BCUT2D eigenvalue weighted by Gasteiger charge is 2.25. The van der Waals surface area contributed by atoms with Crippen molar-refractivity contribution in [2.24, 2.45) is 5.92 Å². The second-order valence-electron chi connectivity index (χ2n) is 7.66. The van der Waals surface area contributed by atoms with Crippen LogP contribution in [0, 0.1) is 11.7 Å². The molecule has 1 aromatic carbocycles. The second-order valence-corrected chi connectivity index (χ2v) is 8.07. The van der Waals surface area contributed by atoms with Crippen LogP contribution in [0.5, 0.6) is 0 Å². The lowest BCUT2D eigenvalue weighted by Crippen LogP contribution is -2.45. The summed E-state index contributed by atoms with van der Waals surface area (Å²) in [5.74, 6) is 0.773. The highest BCUT2D eigenvalue weighted by molar-refractivity contribution is 6.30. The first kappa shape index (κ1) is 21.5. The van der Waals surface area contributed by atoms with Crippen molar-refractivity contribution in [3.63, 3.8) is 0 Å². The van der Waals surface area contributed by atoms with Crippen LogP contribution in [0.2, 0.25) is 5.02 Å². The van der Waals surface area contributed by atoms with Gasteiger partial charge in [-0.3, -0.25) is 0 Å². The molecule has 2 aromatic rings. The third-order valence-corrected chi connectivity index (χ3v) is 5.14. The van der Waals surface area contributed by atoms with Gasteiger partial charge in [0.1, 0.15) is 11.6 Å². The molecular formula is C21H26ClFN4O2. The SMILES string of the molecule is COC[C@@H](NC(=O)N1CCc2cnc(CC(C)C)nc2C1)c1ccc(F)c(Cl)c1. The van der Waals surface area contributed by atoms with Crippen LogP contribution >= 0.6 is 11.6 Å². The maximum absolute atomic E-state index is 13.5. The molecule has 29 heavy (non-hydrogen) atoms. The van der Waals surface area contributed by atoms with Gasteiger partial charge in [0.2, 0.25) is 0 Å². The maximum atomic E-state index is 13.5. The highest BCUT2D eigenvalue weighted by Crippen LogP contribution is 2.23. The molecule has 0 spiro atoms. The molecule has 6 nitrogen and oxygen atoms in total. The number of aromatic nitrogens is 2. The van der Waals surface area contributed by atoms with E-state index < -0.39 is 11.9 Å². The Kier molecular flexibility index (Phi) is 7.03. The van der Waals surface area contributed by atoms with Crippen molar-refractivity contribution < 1.29 is 13.9 Å². The lowest BCUT2D eigenvalue weighted by molar-refractivity contribution is 0.152. The van der Waals surface area contributed by atoms with E-state index >= 15 is 0 Å². The maximum Gasteiger partial charge on any atom is 0.318 e. The molecule has 2 amide bonds. The number of urea groups is 1. The van der Waals surface area contributed by atoms with Crippen LogP contribution in [0.1, 0.15) is 42.5 Å². The molecule has 0 bridgehead atoms. The first-order chi connectivity index (χ1) is 13.9. The van der Waals surface area contributed by atoms with Crippen molar-refractivity contribution in [2.75, 3.05) is 20.3 Å². The van der Waals surface area contributed by atoms with Crippen LogP contribution in [0.4, 0.5) is 9.18 Å². The van der Waals surface area contributed by atoms with Gasteiger partial charge in [0.25, 0.3) is 0 Å². The summed E-state index contributed by atoms with van der Waals surface area (Å²) in [4.78, 5) is 23.7. The van der Waals surface area contributed by atoms with Crippen molar-refractivity contribution in [3.8, 4) is 0 Å². The number of benzene rings is 1. The van der Waals surface area contributed by atoms with Gasteiger partial charge in [-0.1, -0.05) is 31.5 Å². The van der Waals surface area contributed by atoms with Gasteiger partial charge in [-0.15, -0.1) is 0 Å². The number of nitrogens with one attached hydrogen (secondary N) is 1. The van der Waals surface area contributed by atoms with E-state index in [1.807, 2.05) is 6.20 Å². The number of hydrogen-bond acceptors (Lipinski definition) is 4. The molecular weight excluding hydrogens is 395 g/mol. The van der Waals surface area contributed by atoms with E-state index in [1.165, 1.54) is 12.1 Å². The van der Waals surface area contributed by atoms with Crippen molar-refractivity contribution in [2.45, 2.75) is 39.3 Å². The topological polar surface area (TPSA) is 67.3 Å². The summed E-state index contributed by atoms with van der Waals surface area (Å²) in [5, 5.41) is 2.98. The predicted molar refractivity (Wildman–Crippen MR) is 109 cm³/mol. The van der Waals surface area contributed by atoms with E-state index in [4.69, 9.17) is 16.3 Å². The Balaban J connectivity index is 1.71. The molecule has 1 aliphatic rings. The lowest BCUT2D eigenvalue weighted by Gasteiger charge is -2.30. The monoisotopic (exact) mass is 420 g/mol. The summed E-state index contributed by atoms with van der Waals surface area (Å²) in [7, 11) is 1.55. The highest BCUT2D eigenvalue weighted by atomic mass is 35.5. The van der Waals surface area contributed by atoms with Gasteiger partial charge < -0.3 is 15.0 Å². The predicted octanol–water partition coefficient (Wildman–Crippen LogP) is 3.92. The van der Waals surface area contributed by atoms with Crippen LogP contribution in [0.25, 0.3) is 0 Å². The molecule has 2 heterocycles. The zero-order valence-corrected chi connectivity index (χ0v) is 17.7. The second kappa shape index (κ2) is 9.50. The number of rotatable bonds is 6. The van der Waals surface area contributed by atoms with Gasteiger partial charge in [-0.2, -0.15) is 0 Å². The van der Waals surface area contributed by atoms with Crippen molar-refractivity contribution in [1.29, 1.82) is 0 Å². The molecule has 1 atom stereocenters. The van der Waals surface area contributed by atoms with Crippen LogP contribution < -0.4 is 5.32 Å². The first-order valence-corrected chi connectivity index (χ1v) is 10.1. The molecule has 0 radical (unpaired) electrons. The molecule has 1 aromatic heterocycles. The van der Waals surface area contributed by atoms with Crippen LogP contribution in [0.3, 0.4) is 0 Å². The molecule has 0 unspecified atom stereocenters. The lowest BCUT2D eigenvalue weighted by atomic mass is 10.1. The van der Waals surface area contributed by atoms with Gasteiger partial charge in [-0.25, -0.2) is 19.2 Å². The Morgan fingerprint density at radius 2 is 2.21 bits per heavy atom. The van der Waals surface area contributed by atoms with Gasteiger partial charge >= 0.3 is 6.03 Å². The average molecular weight is 421 g/mol. The number of methoxy groups -OCH3 is 1. The number of fused-ring (bicyclic) bond motifs is 1. The van der Waals surface area contributed by atoms with Gasteiger partial charge in [-0.05, 0) is 35.6 Å².